The van der Waals surface area contributed by atoms with E-state index in [9.17, 15) is 4.39 Å². The molecule has 0 spiro atoms. The summed E-state index contributed by atoms with van der Waals surface area (Å²) in [5, 5.41) is 7.42. The molecule has 0 radical (unpaired) electrons. The third-order valence-corrected chi connectivity index (χ3v) is 2.31. The van der Waals surface area contributed by atoms with Crippen LogP contribution in [0.15, 0.2) is 35.1 Å². The molecule has 0 fully saturated rings. The number of nitrogens with zero attached hydrogens (tertiary/aromatic N) is 3. The summed E-state index contributed by atoms with van der Waals surface area (Å²) in [5.41, 5.74) is 0.588. The van der Waals surface area contributed by atoms with Crippen LogP contribution in [0.3, 0.4) is 0 Å². The Labute approximate surface area is 88.7 Å². The zero-order valence-corrected chi connectivity index (χ0v) is 8.78. The molecule has 0 aliphatic heterocycles. The summed E-state index contributed by atoms with van der Waals surface area (Å²) in [6.45, 7) is 0.394. The smallest absolute Gasteiger partial charge is 0.128 e. The Bertz CT molecular complexity index is 428. The van der Waals surface area contributed by atoms with Crippen LogP contribution >= 0.6 is 15.9 Å². The van der Waals surface area contributed by atoms with Gasteiger partial charge in [0.1, 0.15) is 5.82 Å². The molecule has 0 bridgehead atoms. The lowest BCUT2D eigenvalue weighted by molar-refractivity contribution is 0.576. The number of hydrogen-bond acceptors (Lipinski definition) is 2. The van der Waals surface area contributed by atoms with Gasteiger partial charge in [0.15, 0.2) is 0 Å². The average Bonchev–Trinajstić information content (AvgIpc) is 2.64. The third kappa shape index (κ3) is 1.98. The van der Waals surface area contributed by atoms with Gasteiger partial charge in [-0.15, -0.1) is 5.10 Å². The molecular weight excluding hydrogens is 249 g/mol. The number of benzene rings is 1. The van der Waals surface area contributed by atoms with Crippen molar-refractivity contribution in [3.05, 3.63) is 46.4 Å². The van der Waals surface area contributed by atoms with E-state index >= 15 is 0 Å². The highest BCUT2D eigenvalue weighted by Crippen LogP contribution is 2.16. The minimum atomic E-state index is -0.233. The van der Waals surface area contributed by atoms with Crippen LogP contribution in [0.2, 0.25) is 0 Å². The first kappa shape index (κ1) is 9.33. The minimum Gasteiger partial charge on any atom is -0.248 e. The predicted molar refractivity (Wildman–Crippen MR) is 53.2 cm³/mol. The fourth-order valence-corrected chi connectivity index (χ4v) is 1.56. The van der Waals surface area contributed by atoms with Gasteiger partial charge in [0.25, 0.3) is 0 Å². The van der Waals surface area contributed by atoms with Gasteiger partial charge < -0.3 is 0 Å². The highest BCUT2D eigenvalue weighted by atomic mass is 79.9. The van der Waals surface area contributed by atoms with Crippen molar-refractivity contribution in [1.29, 1.82) is 0 Å². The quantitative estimate of drug-likeness (QED) is 0.824. The Kier molecular flexibility index (Phi) is 2.58. The van der Waals surface area contributed by atoms with Crippen molar-refractivity contribution in [3.63, 3.8) is 0 Å². The van der Waals surface area contributed by atoms with Gasteiger partial charge in [0.2, 0.25) is 0 Å². The van der Waals surface area contributed by atoms with E-state index in [1.807, 2.05) is 0 Å². The fraction of sp³-hybridized carbons (Fsp3) is 0.111. The van der Waals surface area contributed by atoms with Gasteiger partial charge in [0.05, 0.1) is 12.7 Å². The summed E-state index contributed by atoms with van der Waals surface area (Å²) in [6.07, 6.45) is 3.26. The second-order valence-corrected chi connectivity index (χ2v) is 3.75. The SMILES string of the molecule is Fc1ccc(Br)cc1Cn1ccnn1. The molecule has 0 saturated carbocycles. The van der Waals surface area contributed by atoms with Crippen molar-refractivity contribution in [3.8, 4) is 0 Å². The van der Waals surface area contributed by atoms with Gasteiger partial charge in [0, 0.05) is 16.2 Å². The van der Waals surface area contributed by atoms with Gasteiger partial charge in [-0.3, -0.25) is 0 Å². The molecule has 0 aliphatic rings. The summed E-state index contributed by atoms with van der Waals surface area (Å²) in [4.78, 5) is 0. The summed E-state index contributed by atoms with van der Waals surface area (Å²) in [6, 6.07) is 4.83. The molecule has 0 aliphatic carbocycles. The van der Waals surface area contributed by atoms with E-state index < -0.39 is 0 Å². The zero-order chi connectivity index (χ0) is 9.97. The topological polar surface area (TPSA) is 30.7 Å². The van der Waals surface area contributed by atoms with E-state index in [0.717, 1.165) is 4.47 Å². The molecule has 1 aromatic heterocycles. The second kappa shape index (κ2) is 3.88. The maximum absolute atomic E-state index is 13.3. The monoisotopic (exact) mass is 255 g/mol. The summed E-state index contributed by atoms with van der Waals surface area (Å²) in [7, 11) is 0. The number of hydrogen-bond donors (Lipinski definition) is 0. The normalized spacial score (nSPS) is 10.4. The first-order valence-corrected chi connectivity index (χ1v) is 4.83. The van der Waals surface area contributed by atoms with Crippen LogP contribution in [0.4, 0.5) is 4.39 Å². The van der Waals surface area contributed by atoms with Gasteiger partial charge >= 0.3 is 0 Å². The van der Waals surface area contributed by atoms with E-state index in [4.69, 9.17) is 0 Å². The Balaban J connectivity index is 2.28. The van der Waals surface area contributed by atoms with E-state index in [1.54, 1.807) is 29.2 Å². The number of rotatable bonds is 2. The van der Waals surface area contributed by atoms with Crippen LogP contribution in [-0.4, -0.2) is 15.0 Å². The first-order chi connectivity index (χ1) is 6.75. The van der Waals surface area contributed by atoms with Crippen molar-refractivity contribution < 1.29 is 4.39 Å². The van der Waals surface area contributed by atoms with Crippen LogP contribution in [-0.2, 0) is 6.54 Å². The zero-order valence-electron chi connectivity index (χ0n) is 7.19. The maximum atomic E-state index is 13.3. The largest absolute Gasteiger partial charge is 0.248 e. The number of aromatic nitrogens is 3. The highest BCUT2D eigenvalue weighted by Gasteiger charge is 2.03. The van der Waals surface area contributed by atoms with Crippen LogP contribution in [0.1, 0.15) is 5.56 Å². The van der Waals surface area contributed by atoms with Crippen molar-refractivity contribution in [1.82, 2.24) is 15.0 Å². The molecule has 0 unspecified atom stereocenters. The molecule has 5 heteroatoms. The van der Waals surface area contributed by atoms with Gasteiger partial charge in [-0.05, 0) is 18.2 Å². The van der Waals surface area contributed by atoms with Crippen LogP contribution in [0.25, 0.3) is 0 Å². The van der Waals surface area contributed by atoms with Gasteiger partial charge in [-0.25, -0.2) is 9.07 Å². The van der Waals surface area contributed by atoms with E-state index in [0.29, 0.717) is 12.1 Å². The molecule has 0 amide bonds. The standard InChI is InChI=1S/C9H7BrFN3/c10-8-1-2-9(11)7(5-8)6-14-4-3-12-13-14/h1-5H,6H2. The van der Waals surface area contributed by atoms with Gasteiger partial charge in [-0.2, -0.15) is 0 Å². The Morgan fingerprint density at radius 1 is 1.43 bits per heavy atom. The molecule has 1 heterocycles. The average molecular weight is 256 g/mol. The maximum Gasteiger partial charge on any atom is 0.128 e. The molecule has 1 aromatic carbocycles. The van der Waals surface area contributed by atoms with E-state index in [-0.39, 0.29) is 5.82 Å². The molecule has 3 nitrogen and oxygen atoms in total. The minimum absolute atomic E-state index is 0.233. The Morgan fingerprint density at radius 3 is 3.00 bits per heavy atom. The molecule has 2 rings (SSSR count). The molecule has 0 N–H and O–H groups in total. The molecule has 0 saturated heterocycles. The van der Waals surface area contributed by atoms with Crippen molar-refractivity contribution in [2.24, 2.45) is 0 Å². The first-order valence-electron chi connectivity index (χ1n) is 4.04. The fourth-order valence-electron chi connectivity index (χ4n) is 1.16. The van der Waals surface area contributed by atoms with E-state index in [2.05, 4.69) is 26.2 Å². The van der Waals surface area contributed by atoms with Crippen LogP contribution in [0, 0.1) is 5.82 Å². The molecule has 0 atom stereocenters. The molecule has 14 heavy (non-hydrogen) atoms. The van der Waals surface area contributed by atoms with Crippen LogP contribution < -0.4 is 0 Å². The van der Waals surface area contributed by atoms with E-state index in [1.165, 1.54) is 6.07 Å². The Hall–Kier alpha value is -1.23. The number of halogens is 2. The summed E-state index contributed by atoms with van der Waals surface area (Å²) >= 11 is 3.29. The molecule has 2 aromatic rings. The second-order valence-electron chi connectivity index (χ2n) is 2.84. The van der Waals surface area contributed by atoms with Crippen LogP contribution in [0.5, 0.6) is 0 Å². The summed E-state index contributed by atoms with van der Waals surface area (Å²) in [5.74, 6) is -0.233. The lowest BCUT2D eigenvalue weighted by Gasteiger charge is -2.03. The van der Waals surface area contributed by atoms with Crippen molar-refractivity contribution >= 4 is 15.9 Å². The van der Waals surface area contributed by atoms with Crippen molar-refractivity contribution in [2.75, 3.05) is 0 Å². The Morgan fingerprint density at radius 2 is 2.29 bits per heavy atom. The van der Waals surface area contributed by atoms with Crippen molar-refractivity contribution in [2.45, 2.75) is 6.54 Å². The predicted octanol–water partition coefficient (Wildman–Crippen LogP) is 2.23. The third-order valence-electron chi connectivity index (χ3n) is 1.81. The highest BCUT2D eigenvalue weighted by molar-refractivity contribution is 9.10. The van der Waals surface area contributed by atoms with Gasteiger partial charge in [-0.1, -0.05) is 21.1 Å². The summed E-state index contributed by atoms with van der Waals surface area (Å²) < 4.78 is 15.7. The lowest BCUT2D eigenvalue weighted by atomic mass is 10.2. The lowest BCUT2D eigenvalue weighted by Crippen LogP contribution is -2.02. The molecule has 72 valence electrons. The molecular formula is C9H7BrFN3.